The largest absolute Gasteiger partial charge is 0.322 e. The molecule has 4 rings (SSSR count). The van der Waals surface area contributed by atoms with Crippen LogP contribution in [0.1, 0.15) is 20.7 Å². The fourth-order valence-corrected chi connectivity index (χ4v) is 4.78. The molecule has 0 spiro atoms. The number of rotatable bonds is 5. The predicted molar refractivity (Wildman–Crippen MR) is 134 cm³/mol. The van der Waals surface area contributed by atoms with Crippen molar-refractivity contribution in [3.05, 3.63) is 86.9 Å². The minimum absolute atomic E-state index is 0.220. The van der Waals surface area contributed by atoms with Crippen molar-refractivity contribution in [1.82, 2.24) is 4.72 Å². The number of nitrogens with one attached hydrogen (secondary N) is 3. The highest BCUT2D eigenvalue weighted by Crippen LogP contribution is 2.29. The molecule has 0 radical (unpaired) electrons. The SMILES string of the molecule is O=C(Nc1cc(NC(=O)c2ccc(N3CCNS3=O)cc2Cl)ccc1Cl)c1cccc(Cl)c1. The number of carbonyl (C=O) groups excluding carboxylic acids is 2. The Morgan fingerprint density at radius 2 is 1.73 bits per heavy atom. The van der Waals surface area contributed by atoms with Crippen molar-refractivity contribution >= 4 is 74.9 Å². The molecule has 1 saturated heterocycles. The van der Waals surface area contributed by atoms with Gasteiger partial charge in [0.2, 0.25) is 0 Å². The molecule has 170 valence electrons. The van der Waals surface area contributed by atoms with Crippen molar-refractivity contribution in [1.29, 1.82) is 0 Å². The van der Waals surface area contributed by atoms with Gasteiger partial charge in [0.15, 0.2) is 11.2 Å². The van der Waals surface area contributed by atoms with E-state index in [9.17, 15) is 13.8 Å². The number of hydrogen-bond donors (Lipinski definition) is 3. The lowest BCUT2D eigenvalue weighted by Gasteiger charge is -2.16. The van der Waals surface area contributed by atoms with Gasteiger partial charge in [-0.3, -0.25) is 13.9 Å². The van der Waals surface area contributed by atoms with E-state index in [4.69, 9.17) is 34.8 Å². The molecule has 1 fully saturated rings. The predicted octanol–water partition coefficient (Wildman–Crippen LogP) is 5.14. The second-order valence-electron chi connectivity index (χ2n) is 7.02. The number of nitrogens with zero attached hydrogens (tertiary/aromatic N) is 1. The maximum atomic E-state index is 12.8. The topological polar surface area (TPSA) is 90.5 Å². The van der Waals surface area contributed by atoms with Crippen LogP contribution in [0, 0.1) is 0 Å². The van der Waals surface area contributed by atoms with E-state index in [1.807, 2.05) is 0 Å². The molecule has 11 heteroatoms. The zero-order chi connectivity index (χ0) is 23.5. The van der Waals surface area contributed by atoms with E-state index < -0.39 is 23.0 Å². The van der Waals surface area contributed by atoms with E-state index in [1.165, 1.54) is 6.07 Å². The van der Waals surface area contributed by atoms with Crippen LogP contribution in [0.3, 0.4) is 0 Å². The number of benzene rings is 3. The molecule has 1 heterocycles. The zero-order valence-corrected chi connectivity index (χ0v) is 20.0. The maximum Gasteiger partial charge on any atom is 0.257 e. The van der Waals surface area contributed by atoms with Crippen LogP contribution >= 0.6 is 34.8 Å². The van der Waals surface area contributed by atoms with Crippen LogP contribution in [0.4, 0.5) is 17.1 Å². The number of hydrogen-bond acceptors (Lipinski definition) is 3. The Kier molecular flexibility index (Phi) is 7.21. The summed E-state index contributed by atoms with van der Waals surface area (Å²) < 4.78 is 16.4. The molecule has 3 aromatic rings. The van der Waals surface area contributed by atoms with E-state index >= 15 is 0 Å². The van der Waals surface area contributed by atoms with E-state index in [-0.39, 0.29) is 10.6 Å². The van der Waals surface area contributed by atoms with Gasteiger partial charge in [-0.15, -0.1) is 0 Å². The summed E-state index contributed by atoms with van der Waals surface area (Å²) in [7, 11) is 0. The third-order valence-corrected chi connectivity index (χ3v) is 6.91. The average Bonchev–Trinajstić information content (AvgIpc) is 3.21. The second-order valence-corrected chi connectivity index (χ2v) is 9.50. The van der Waals surface area contributed by atoms with Crippen molar-refractivity contribution in [2.75, 3.05) is 28.0 Å². The molecule has 3 aromatic carbocycles. The van der Waals surface area contributed by atoms with Crippen LogP contribution in [0.5, 0.6) is 0 Å². The van der Waals surface area contributed by atoms with Crippen LogP contribution in [0.15, 0.2) is 60.7 Å². The van der Waals surface area contributed by atoms with Crippen molar-refractivity contribution in [2.24, 2.45) is 0 Å². The van der Waals surface area contributed by atoms with Gasteiger partial charge in [0.25, 0.3) is 11.8 Å². The number of halogens is 3. The quantitative estimate of drug-likeness (QED) is 0.432. The van der Waals surface area contributed by atoms with Gasteiger partial charge in [0.1, 0.15) is 0 Å². The normalized spacial score (nSPS) is 15.4. The Labute approximate surface area is 207 Å². The first-order chi connectivity index (χ1) is 15.8. The summed E-state index contributed by atoms with van der Waals surface area (Å²) >= 11 is 17.2. The molecule has 33 heavy (non-hydrogen) atoms. The van der Waals surface area contributed by atoms with Crippen LogP contribution in [-0.2, 0) is 11.2 Å². The molecule has 0 aromatic heterocycles. The van der Waals surface area contributed by atoms with Gasteiger partial charge in [0.05, 0.1) is 27.0 Å². The van der Waals surface area contributed by atoms with Gasteiger partial charge in [0, 0.05) is 29.4 Å². The van der Waals surface area contributed by atoms with Gasteiger partial charge in [-0.25, -0.2) is 8.93 Å². The molecule has 3 N–H and O–H groups in total. The minimum atomic E-state index is -1.32. The van der Waals surface area contributed by atoms with E-state index in [0.29, 0.717) is 45.8 Å². The lowest BCUT2D eigenvalue weighted by atomic mass is 10.1. The van der Waals surface area contributed by atoms with E-state index in [0.717, 1.165) is 0 Å². The molecule has 2 amide bonds. The second kappa shape index (κ2) is 10.1. The number of carbonyl (C=O) groups is 2. The summed E-state index contributed by atoms with van der Waals surface area (Å²) in [5.74, 6) is -0.836. The molecule has 0 saturated carbocycles. The summed E-state index contributed by atoms with van der Waals surface area (Å²) in [5, 5.41) is 6.42. The highest BCUT2D eigenvalue weighted by Gasteiger charge is 2.22. The summed E-state index contributed by atoms with van der Waals surface area (Å²) in [6, 6.07) is 16.1. The van der Waals surface area contributed by atoms with E-state index in [1.54, 1.807) is 58.9 Å². The lowest BCUT2D eigenvalue weighted by molar-refractivity contribution is 0.101. The Morgan fingerprint density at radius 3 is 2.42 bits per heavy atom. The first-order valence-electron chi connectivity index (χ1n) is 9.72. The van der Waals surface area contributed by atoms with Crippen molar-refractivity contribution in [2.45, 2.75) is 0 Å². The molecular formula is C22H17Cl3N4O3S. The maximum absolute atomic E-state index is 12.8. The first-order valence-corrected chi connectivity index (χ1v) is 12.0. The fraction of sp³-hybridized carbons (Fsp3) is 0.0909. The Morgan fingerprint density at radius 1 is 0.909 bits per heavy atom. The fourth-order valence-electron chi connectivity index (χ4n) is 3.18. The van der Waals surface area contributed by atoms with Crippen molar-refractivity contribution < 1.29 is 13.8 Å². The van der Waals surface area contributed by atoms with Gasteiger partial charge >= 0.3 is 0 Å². The average molecular weight is 524 g/mol. The molecule has 1 aliphatic rings. The zero-order valence-electron chi connectivity index (χ0n) is 16.9. The summed E-state index contributed by atoms with van der Waals surface area (Å²) in [4.78, 5) is 25.3. The van der Waals surface area contributed by atoms with Crippen molar-refractivity contribution in [3.63, 3.8) is 0 Å². The van der Waals surface area contributed by atoms with Gasteiger partial charge < -0.3 is 10.6 Å². The van der Waals surface area contributed by atoms with Gasteiger partial charge in [-0.05, 0) is 54.6 Å². The number of amides is 2. The highest BCUT2D eigenvalue weighted by atomic mass is 35.5. The van der Waals surface area contributed by atoms with E-state index in [2.05, 4.69) is 15.4 Å². The van der Waals surface area contributed by atoms with Gasteiger partial charge in [-0.2, -0.15) is 0 Å². The van der Waals surface area contributed by atoms with Crippen LogP contribution < -0.4 is 19.7 Å². The molecule has 1 aliphatic heterocycles. The molecular weight excluding hydrogens is 507 g/mol. The smallest absolute Gasteiger partial charge is 0.257 e. The summed E-state index contributed by atoms with van der Waals surface area (Å²) in [5.41, 5.74) is 2.00. The molecule has 0 aliphatic carbocycles. The van der Waals surface area contributed by atoms with Gasteiger partial charge in [-0.1, -0.05) is 40.9 Å². The Balaban J connectivity index is 1.49. The minimum Gasteiger partial charge on any atom is -0.322 e. The van der Waals surface area contributed by atoms with Crippen molar-refractivity contribution in [3.8, 4) is 0 Å². The Hall–Kier alpha value is -2.62. The summed E-state index contributed by atoms with van der Waals surface area (Å²) in [6.45, 7) is 1.17. The Bertz CT molecular complexity index is 1270. The molecule has 1 atom stereocenters. The standard InChI is InChI=1S/C22H17Cl3N4O3S/c23-14-3-1-2-13(10-14)21(30)28-20-11-15(4-7-18(20)24)27-22(31)17-6-5-16(12-19(17)25)29-9-8-26-33(29)32/h1-7,10-12,26H,8-9H2,(H,27,31)(H,28,30). The lowest BCUT2D eigenvalue weighted by Crippen LogP contribution is -2.22. The third-order valence-electron chi connectivity index (χ3n) is 4.79. The monoisotopic (exact) mass is 522 g/mol. The molecule has 0 bridgehead atoms. The first kappa shape index (κ1) is 23.5. The summed E-state index contributed by atoms with van der Waals surface area (Å²) in [6.07, 6.45) is 0. The third kappa shape index (κ3) is 5.48. The number of anilines is 3. The molecule has 7 nitrogen and oxygen atoms in total. The van der Waals surface area contributed by atoms with Crippen LogP contribution in [0.25, 0.3) is 0 Å². The highest BCUT2D eigenvalue weighted by molar-refractivity contribution is 7.84. The van der Waals surface area contributed by atoms with Crippen LogP contribution in [-0.4, -0.2) is 29.1 Å². The van der Waals surface area contributed by atoms with Crippen LogP contribution in [0.2, 0.25) is 15.1 Å². The molecule has 1 unspecified atom stereocenters.